The van der Waals surface area contributed by atoms with Crippen LogP contribution in [-0.4, -0.2) is 23.8 Å². The van der Waals surface area contributed by atoms with E-state index >= 15 is 0 Å². The number of amides is 2. The van der Waals surface area contributed by atoms with E-state index in [2.05, 4.69) is 10.6 Å². The molecule has 1 aliphatic rings. The molecule has 0 saturated heterocycles. The number of aliphatic hydroxyl groups excluding tert-OH is 1. The van der Waals surface area contributed by atoms with Gasteiger partial charge in [0.1, 0.15) is 5.82 Å². The highest BCUT2D eigenvalue weighted by Gasteiger charge is 2.45. The number of aliphatic hydroxyl groups is 1. The molecule has 4 nitrogen and oxygen atoms in total. The molecule has 1 aliphatic carbocycles. The van der Waals surface area contributed by atoms with Crippen LogP contribution in [0.25, 0.3) is 0 Å². The second kappa shape index (κ2) is 4.94. The number of urea groups is 1. The first-order valence-corrected chi connectivity index (χ1v) is 6.02. The fraction of sp³-hybridized carbons (Fsp3) is 0.462. The molecule has 0 bridgehead atoms. The molecule has 5 heteroatoms. The van der Waals surface area contributed by atoms with Gasteiger partial charge in [0.05, 0.1) is 11.6 Å². The monoisotopic (exact) mass is 252 g/mol. The average Bonchev–Trinajstić information content (AvgIpc) is 3.07. The Morgan fingerprint density at radius 2 is 2.28 bits per heavy atom. The number of benzene rings is 1. The van der Waals surface area contributed by atoms with Gasteiger partial charge in [-0.2, -0.15) is 0 Å². The number of carbonyl (C=O) groups excluding carboxylic acids is 1. The zero-order chi connectivity index (χ0) is 13.2. The maximum Gasteiger partial charge on any atom is 0.315 e. The number of hydrogen-bond donors (Lipinski definition) is 3. The number of carbonyl (C=O) groups is 1. The van der Waals surface area contributed by atoms with Crippen LogP contribution >= 0.6 is 0 Å². The predicted octanol–water partition coefficient (Wildman–Crippen LogP) is 1.49. The minimum Gasteiger partial charge on any atom is -0.392 e. The average molecular weight is 252 g/mol. The maximum atomic E-state index is 13.2. The highest BCUT2D eigenvalue weighted by Crippen LogP contribution is 2.45. The van der Waals surface area contributed by atoms with Crippen LogP contribution in [0.3, 0.4) is 0 Å². The van der Waals surface area contributed by atoms with Crippen molar-refractivity contribution in [1.82, 2.24) is 10.6 Å². The highest BCUT2D eigenvalue weighted by atomic mass is 19.1. The lowest BCUT2D eigenvalue weighted by molar-refractivity contribution is 0.186. The maximum absolute atomic E-state index is 13.2. The molecule has 2 rings (SSSR count). The van der Waals surface area contributed by atoms with Crippen molar-refractivity contribution in [3.8, 4) is 0 Å². The normalized spacial score (nSPS) is 17.9. The van der Waals surface area contributed by atoms with E-state index in [0.717, 1.165) is 18.4 Å². The van der Waals surface area contributed by atoms with E-state index < -0.39 is 11.6 Å². The van der Waals surface area contributed by atoms with Crippen LogP contribution in [0, 0.1) is 5.82 Å². The Labute approximate surface area is 105 Å². The second-order valence-corrected chi connectivity index (χ2v) is 4.78. The SMILES string of the molecule is CC(O)CNC(=O)NC1(c2cccc(F)c2)CC1. The van der Waals surface area contributed by atoms with E-state index in [9.17, 15) is 9.18 Å². The van der Waals surface area contributed by atoms with Gasteiger partial charge in [-0.1, -0.05) is 12.1 Å². The minimum atomic E-state index is -0.583. The van der Waals surface area contributed by atoms with Crippen molar-refractivity contribution in [2.45, 2.75) is 31.4 Å². The molecule has 1 fully saturated rings. The molecule has 0 aliphatic heterocycles. The van der Waals surface area contributed by atoms with Crippen LogP contribution < -0.4 is 10.6 Å². The number of hydrogen-bond acceptors (Lipinski definition) is 2. The standard InChI is InChI=1S/C13H17FN2O2/c1-9(17)8-15-12(18)16-13(5-6-13)10-3-2-4-11(14)7-10/h2-4,7,9,17H,5-6,8H2,1H3,(H2,15,16,18). The summed E-state index contributed by atoms with van der Waals surface area (Å²) in [4.78, 5) is 11.6. The summed E-state index contributed by atoms with van der Waals surface area (Å²) in [5, 5.41) is 14.5. The summed E-state index contributed by atoms with van der Waals surface area (Å²) in [5.74, 6) is -0.301. The van der Waals surface area contributed by atoms with Crippen LogP contribution in [0.1, 0.15) is 25.3 Å². The lowest BCUT2D eigenvalue weighted by atomic mass is 10.1. The Bertz CT molecular complexity index is 444. The van der Waals surface area contributed by atoms with Crippen LogP contribution in [0.5, 0.6) is 0 Å². The van der Waals surface area contributed by atoms with E-state index in [-0.39, 0.29) is 18.4 Å². The van der Waals surface area contributed by atoms with E-state index in [0.29, 0.717) is 0 Å². The lowest BCUT2D eigenvalue weighted by Gasteiger charge is -2.19. The van der Waals surface area contributed by atoms with Gasteiger partial charge in [-0.3, -0.25) is 0 Å². The molecule has 1 atom stereocenters. The van der Waals surface area contributed by atoms with Crippen molar-refractivity contribution in [2.75, 3.05) is 6.54 Å². The molecule has 3 N–H and O–H groups in total. The summed E-state index contributed by atoms with van der Waals surface area (Å²) in [6.07, 6.45) is 1.02. The Morgan fingerprint density at radius 1 is 1.56 bits per heavy atom. The molecule has 1 aromatic rings. The summed E-state index contributed by atoms with van der Waals surface area (Å²) in [5.41, 5.74) is 0.347. The predicted molar refractivity (Wildman–Crippen MR) is 65.5 cm³/mol. The zero-order valence-electron chi connectivity index (χ0n) is 10.2. The van der Waals surface area contributed by atoms with E-state index in [1.165, 1.54) is 12.1 Å². The summed E-state index contributed by atoms with van der Waals surface area (Å²) >= 11 is 0. The molecule has 0 spiro atoms. The van der Waals surface area contributed by atoms with Gasteiger partial charge in [0.25, 0.3) is 0 Å². The third-order valence-electron chi connectivity index (χ3n) is 3.04. The molecule has 18 heavy (non-hydrogen) atoms. The van der Waals surface area contributed by atoms with Crippen molar-refractivity contribution in [3.63, 3.8) is 0 Å². The fourth-order valence-corrected chi connectivity index (χ4v) is 1.90. The van der Waals surface area contributed by atoms with Crippen molar-refractivity contribution in [2.24, 2.45) is 0 Å². The quantitative estimate of drug-likeness (QED) is 0.760. The van der Waals surface area contributed by atoms with Gasteiger partial charge in [-0.15, -0.1) is 0 Å². The smallest absolute Gasteiger partial charge is 0.315 e. The molecule has 98 valence electrons. The van der Waals surface area contributed by atoms with E-state index in [1.54, 1.807) is 13.0 Å². The molecule has 1 unspecified atom stereocenters. The first-order chi connectivity index (χ1) is 8.52. The molecule has 1 aromatic carbocycles. The van der Waals surface area contributed by atoms with Gasteiger partial charge in [0, 0.05) is 6.54 Å². The van der Waals surface area contributed by atoms with Gasteiger partial charge in [-0.25, -0.2) is 9.18 Å². The van der Waals surface area contributed by atoms with Gasteiger partial charge in [0.15, 0.2) is 0 Å². The van der Waals surface area contributed by atoms with Gasteiger partial charge >= 0.3 is 6.03 Å². The van der Waals surface area contributed by atoms with Crippen LogP contribution in [0.15, 0.2) is 24.3 Å². The van der Waals surface area contributed by atoms with Crippen LogP contribution in [0.2, 0.25) is 0 Å². The largest absolute Gasteiger partial charge is 0.392 e. The summed E-state index contributed by atoms with van der Waals surface area (Å²) in [6.45, 7) is 1.80. The van der Waals surface area contributed by atoms with Crippen molar-refractivity contribution in [1.29, 1.82) is 0 Å². The lowest BCUT2D eigenvalue weighted by Crippen LogP contribution is -2.44. The van der Waals surface area contributed by atoms with Gasteiger partial charge in [-0.05, 0) is 37.5 Å². The van der Waals surface area contributed by atoms with E-state index in [4.69, 9.17) is 5.11 Å². The van der Waals surface area contributed by atoms with Crippen molar-refractivity contribution >= 4 is 6.03 Å². The first-order valence-electron chi connectivity index (χ1n) is 6.02. The van der Waals surface area contributed by atoms with Gasteiger partial charge in [0.2, 0.25) is 0 Å². The third kappa shape index (κ3) is 2.98. The summed E-state index contributed by atoms with van der Waals surface area (Å²) in [7, 11) is 0. The Kier molecular flexibility index (Phi) is 3.52. The summed E-state index contributed by atoms with van der Waals surface area (Å²) in [6, 6.07) is 5.94. The second-order valence-electron chi connectivity index (χ2n) is 4.78. The minimum absolute atomic E-state index is 0.199. The fourth-order valence-electron chi connectivity index (χ4n) is 1.90. The Morgan fingerprint density at radius 3 is 2.83 bits per heavy atom. The van der Waals surface area contributed by atoms with Crippen LogP contribution in [0.4, 0.5) is 9.18 Å². The zero-order valence-corrected chi connectivity index (χ0v) is 10.2. The first kappa shape index (κ1) is 12.8. The Balaban J connectivity index is 1.98. The number of nitrogens with one attached hydrogen (secondary N) is 2. The molecular weight excluding hydrogens is 235 g/mol. The molecule has 0 heterocycles. The molecule has 1 saturated carbocycles. The van der Waals surface area contributed by atoms with Crippen LogP contribution in [-0.2, 0) is 5.54 Å². The highest BCUT2D eigenvalue weighted by molar-refractivity contribution is 5.75. The summed E-state index contributed by atoms with van der Waals surface area (Å²) < 4.78 is 13.2. The number of halogens is 1. The molecule has 0 aromatic heterocycles. The topological polar surface area (TPSA) is 61.4 Å². The Hall–Kier alpha value is -1.62. The van der Waals surface area contributed by atoms with Crippen molar-refractivity contribution < 1.29 is 14.3 Å². The van der Waals surface area contributed by atoms with Crippen molar-refractivity contribution in [3.05, 3.63) is 35.6 Å². The third-order valence-corrected chi connectivity index (χ3v) is 3.04. The molecular formula is C13H17FN2O2. The van der Waals surface area contributed by atoms with E-state index in [1.807, 2.05) is 6.07 Å². The molecule has 0 radical (unpaired) electrons. The van der Waals surface area contributed by atoms with Gasteiger partial charge < -0.3 is 15.7 Å². The molecule has 2 amide bonds. The number of rotatable bonds is 4.